The van der Waals surface area contributed by atoms with Crippen LogP contribution in [0.25, 0.3) is 11.0 Å². The first-order valence-corrected chi connectivity index (χ1v) is 8.44. The van der Waals surface area contributed by atoms with Gasteiger partial charge >= 0.3 is 5.97 Å². The Morgan fingerprint density at radius 2 is 2.04 bits per heavy atom. The van der Waals surface area contributed by atoms with Crippen LogP contribution in [-0.2, 0) is 27.2 Å². The minimum atomic E-state index is -0.557. The molecule has 1 aliphatic heterocycles. The number of rotatable bonds is 5. The molecule has 0 bridgehead atoms. The Labute approximate surface area is 154 Å². The average molecular weight is 364 g/mol. The number of Topliss-reactive ketones (excluding diaryl/α,β-unsaturated/α-hetero) is 1. The number of nitrogens with zero attached hydrogens (tertiary/aromatic N) is 2. The number of amides is 1. The predicted molar refractivity (Wildman–Crippen MR) is 96.6 cm³/mol. The molecule has 0 atom stereocenters. The SMILES string of the molecule is CN1C(=O)Cc2cc(C(=O)COC(=O)Cc3noc4ccccc34)ccc21. The van der Waals surface area contributed by atoms with Gasteiger partial charge in [-0.25, -0.2) is 0 Å². The number of hydrogen-bond acceptors (Lipinski definition) is 6. The van der Waals surface area contributed by atoms with Crippen LogP contribution in [0.15, 0.2) is 47.0 Å². The van der Waals surface area contributed by atoms with E-state index in [0.29, 0.717) is 16.8 Å². The smallest absolute Gasteiger partial charge is 0.312 e. The second-order valence-corrected chi connectivity index (χ2v) is 6.36. The van der Waals surface area contributed by atoms with Gasteiger partial charge in [-0.3, -0.25) is 14.4 Å². The van der Waals surface area contributed by atoms with Gasteiger partial charge in [0, 0.05) is 23.7 Å². The van der Waals surface area contributed by atoms with E-state index in [0.717, 1.165) is 16.6 Å². The van der Waals surface area contributed by atoms with Gasteiger partial charge in [-0.05, 0) is 35.9 Å². The summed E-state index contributed by atoms with van der Waals surface area (Å²) >= 11 is 0. The minimum Gasteiger partial charge on any atom is -0.457 e. The van der Waals surface area contributed by atoms with E-state index >= 15 is 0 Å². The van der Waals surface area contributed by atoms with Gasteiger partial charge in [0.1, 0.15) is 5.69 Å². The Bertz CT molecular complexity index is 1070. The highest BCUT2D eigenvalue weighted by Gasteiger charge is 2.25. The predicted octanol–water partition coefficient (Wildman–Crippen LogP) is 2.32. The second-order valence-electron chi connectivity index (χ2n) is 6.36. The van der Waals surface area contributed by atoms with E-state index in [-0.39, 0.29) is 31.1 Å². The Hall–Kier alpha value is -3.48. The number of ketones is 1. The van der Waals surface area contributed by atoms with E-state index in [2.05, 4.69) is 5.16 Å². The van der Waals surface area contributed by atoms with Crippen molar-refractivity contribution in [2.45, 2.75) is 12.8 Å². The number of carbonyl (C=O) groups excluding carboxylic acids is 3. The highest BCUT2D eigenvalue weighted by atomic mass is 16.5. The summed E-state index contributed by atoms with van der Waals surface area (Å²) in [7, 11) is 1.70. The minimum absolute atomic E-state index is 0.0131. The van der Waals surface area contributed by atoms with Crippen molar-refractivity contribution in [2.24, 2.45) is 0 Å². The fraction of sp³-hybridized carbons (Fsp3) is 0.200. The molecule has 7 heteroatoms. The van der Waals surface area contributed by atoms with Crippen molar-refractivity contribution in [1.82, 2.24) is 5.16 Å². The molecule has 136 valence electrons. The van der Waals surface area contributed by atoms with Crippen LogP contribution in [0.2, 0.25) is 0 Å². The third-order valence-electron chi connectivity index (χ3n) is 4.61. The monoisotopic (exact) mass is 364 g/mol. The molecule has 1 aliphatic rings. The van der Waals surface area contributed by atoms with Crippen molar-refractivity contribution in [2.75, 3.05) is 18.6 Å². The lowest BCUT2D eigenvalue weighted by Gasteiger charge is -2.10. The van der Waals surface area contributed by atoms with Crippen LogP contribution in [0, 0.1) is 0 Å². The van der Waals surface area contributed by atoms with E-state index in [4.69, 9.17) is 9.26 Å². The molecule has 1 amide bonds. The van der Waals surface area contributed by atoms with Crippen molar-refractivity contribution in [3.8, 4) is 0 Å². The van der Waals surface area contributed by atoms with E-state index < -0.39 is 5.97 Å². The third-order valence-corrected chi connectivity index (χ3v) is 4.61. The first-order chi connectivity index (χ1) is 13.0. The molecule has 27 heavy (non-hydrogen) atoms. The first kappa shape index (κ1) is 17.0. The molecule has 4 rings (SSSR count). The largest absolute Gasteiger partial charge is 0.457 e. The number of para-hydroxylation sites is 1. The number of fused-ring (bicyclic) bond motifs is 2. The fourth-order valence-electron chi connectivity index (χ4n) is 3.13. The van der Waals surface area contributed by atoms with Crippen molar-refractivity contribution in [3.05, 3.63) is 59.3 Å². The lowest BCUT2D eigenvalue weighted by Crippen LogP contribution is -2.20. The number of likely N-dealkylation sites (N-methyl/N-ethyl adjacent to an activating group) is 1. The first-order valence-electron chi connectivity index (χ1n) is 8.44. The average Bonchev–Trinajstić information content (AvgIpc) is 3.20. The summed E-state index contributed by atoms with van der Waals surface area (Å²) < 4.78 is 10.2. The molecule has 0 radical (unpaired) electrons. The summed E-state index contributed by atoms with van der Waals surface area (Å²) in [5.41, 5.74) is 3.08. The fourth-order valence-corrected chi connectivity index (χ4v) is 3.13. The van der Waals surface area contributed by atoms with Crippen LogP contribution in [0.3, 0.4) is 0 Å². The summed E-state index contributed by atoms with van der Waals surface area (Å²) in [5.74, 6) is -0.891. The Morgan fingerprint density at radius 1 is 1.22 bits per heavy atom. The molecular formula is C20H16N2O5. The highest BCUT2D eigenvalue weighted by molar-refractivity contribution is 6.04. The maximum Gasteiger partial charge on any atom is 0.312 e. The van der Waals surface area contributed by atoms with Gasteiger partial charge in [0.15, 0.2) is 18.0 Å². The number of hydrogen-bond donors (Lipinski definition) is 0. The molecule has 3 aromatic rings. The van der Waals surface area contributed by atoms with Crippen LogP contribution in [0.4, 0.5) is 5.69 Å². The van der Waals surface area contributed by atoms with Gasteiger partial charge in [0.05, 0.1) is 12.8 Å². The number of aromatic nitrogens is 1. The summed E-state index contributed by atoms with van der Waals surface area (Å²) in [6.07, 6.45) is 0.194. The third kappa shape index (κ3) is 3.19. The molecule has 0 fully saturated rings. The molecule has 0 aliphatic carbocycles. The van der Waals surface area contributed by atoms with E-state index in [1.807, 2.05) is 18.2 Å². The molecule has 1 aromatic heterocycles. The van der Waals surface area contributed by atoms with Crippen molar-refractivity contribution >= 4 is 34.3 Å². The number of esters is 1. The number of benzene rings is 2. The quantitative estimate of drug-likeness (QED) is 0.510. The van der Waals surface area contributed by atoms with Gasteiger partial charge in [0.25, 0.3) is 0 Å². The van der Waals surface area contributed by atoms with Gasteiger partial charge in [-0.15, -0.1) is 0 Å². The molecule has 2 aromatic carbocycles. The van der Waals surface area contributed by atoms with Crippen LogP contribution < -0.4 is 4.90 Å². The maximum absolute atomic E-state index is 12.3. The van der Waals surface area contributed by atoms with Gasteiger partial charge < -0.3 is 14.2 Å². The second kappa shape index (κ2) is 6.68. The molecule has 7 nitrogen and oxygen atoms in total. The summed E-state index contributed by atoms with van der Waals surface area (Å²) in [4.78, 5) is 37.7. The number of anilines is 1. The molecular weight excluding hydrogens is 348 g/mol. The summed E-state index contributed by atoms with van der Waals surface area (Å²) in [6.45, 7) is -0.364. The lowest BCUT2D eigenvalue weighted by atomic mass is 10.1. The highest BCUT2D eigenvalue weighted by Crippen LogP contribution is 2.28. The van der Waals surface area contributed by atoms with Crippen LogP contribution in [0.1, 0.15) is 21.6 Å². The number of carbonyl (C=O) groups is 3. The molecule has 2 heterocycles. The molecule has 0 spiro atoms. The van der Waals surface area contributed by atoms with Crippen molar-refractivity contribution < 1.29 is 23.6 Å². The van der Waals surface area contributed by atoms with Crippen molar-refractivity contribution in [1.29, 1.82) is 0 Å². The lowest BCUT2D eigenvalue weighted by molar-refractivity contribution is -0.141. The summed E-state index contributed by atoms with van der Waals surface area (Å²) in [5, 5.41) is 4.62. The number of ether oxygens (including phenoxy) is 1. The molecule has 0 saturated heterocycles. The van der Waals surface area contributed by atoms with Crippen LogP contribution >= 0.6 is 0 Å². The van der Waals surface area contributed by atoms with Crippen LogP contribution in [-0.4, -0.2) is 36.5 Å². The normalized spacial score (nSPS) is 13.1. The Kier molecular flexibility index (Phi) is 4.19. The van der Waals surface area contributed by atoms with Gasteiger partial charge in [-0.1, -0.05) is 17.3 Å². The van der Waals surface area contributed by atoms with Gasteiger partial charge in [-0.2, -0.15) is 0 Å². The summed E-state index contributed by atoms with van der Waals surface area (Å²) in [6, 6.07) is 12.3. The molecule has 0 N–H and O–H groups in total. The Morgan fingerprint density at radius 3 is 2.89 bits per heavy atom. The van der Waals surface area contributed by atoms with Crippen LogP contribution in [0.5, 0.6) is 0 Å². The van der Waals surface area contributed by atoms with E-state index in [1.54, 1.807) is 36.2 Å². The zero-order chi connectivity index (χ0) is 19.0. The van der Waals surface area contributed by atoms with E-state index in [9.17, 15) is 14.4 Å². The standard InChI is InChI=1S/C20H16N2O5/c1-22-16-7-6-12(8-13(16)9-19(22)24)17(23)11-26-20(25)10-15-14-4-2-3-5-18(14)27-21-15/h2-8H,9-11H2,1H3. The Balaban J connectivity index is 1.39. The zero-order valence-corrected chi connectivity index (χ0v) is 14.6. The zero-order valence-electron chi connectivity index (χ0n) is 14.6. The van der Waals surface area contributed by atoms with E-state index in [1.165, 1.54) is 0 Å². The van der Waals surface area contributed by atoms with Gasteiger partial charge in [0.2, 0.25) is 5.91 Å². The molecule has 0 unspecified atom stereocenters. The molecule has 0 saturated carbocycles. The van der Waals surface area contributed by atoms with Crippen molar-refractivity contribution in [3.63, 3.8) is 0 Å². The topological polar surface area (TPSA) is 89.7 Å². The maximum atomic E-state index is 12.3.